The van der Waals surface area contributed by atoms with Crippen LogP contribution in [0.15, 0.2) is 0 Å². The highest BCUT2D eigenvalue weighted by Gasteiger charge is 2.53. The number of hydrogen-bond donors (Lipinski definition) is 17. The van der Waals surface area contributed by atoms with Gasteiger partial charge in [0.05, 0.1) is 81.9 Å². The Hall–Kier alpha value is -11.1. The van der Waals surface area contributed by atoms with Crippen molar-refractivity contribution in [3.63, 3.8) is 0 Å². The van der Waals surface area contributed by atoms with Gasteiger partial charge in [-0.05, 0) is 96.4 Å². The topological polar surface area (TPSA) is 647 Å². The van der Waals surface area contributed by atoms with Crippen LogP contribution in [-0.2, 0) is 101 Å². The van der Waals surface area contributed by atoms with Gasteiger partial charge < -0.3 is 142 Å². The number of carboxylic acid groups (broad SMARTS) is 1. The minimum Gasteiger partial charge on any atom is -0.480 e. The summed E-state index contributed by atoms with van der Waals surface area (Å²) in [5, 5.41) is 96.1. The highest BCUT2D eigenvalue weighted by Crippen LogP contribution is 2.34. The number of thiol groups is 1. The first-order valence-corrected chi connectivity index (χ1v) is 46.1. The molecule has 0 saturated carbocycles. The number of carboxylic acids is 1. The van der Waals surface area contributed by atoms with Gasteiger partial charge in [-0.25, -0.2) is 0 Å². The van der Waals surface area contributed by atoms with Gasteiger partial charge in [-0.3, -0.25) is 101 Å². The maximum Gasteiger partial charge on any atom is 0.322 e. The van der Waals surface area contributed by atoms with Gasteiger partial charge in [0, 0.05) is 123 Å². The molecule has 13 fully saturated rings. The predicted octanol–water partition coefficient (Wildman–Crippen LogP) is -13.2. The first-order chi connectivity index (χ1) is 63.0. The monoisotopic (exact) mass is 1880 g/mol. The average Bonchev–Trinajstić information content (AvgIpc) is 1.59. The van der Waals surface area contributed by atoms with E-state index in [9.17, 15) is 131 Å². The van der Waals surface area contributed by atoms with E-state index in [1.54, 1.807) is 0 Å². The fourth-order valence-corrected chi connectivity index (χ4v) is 21.1. The van der Waals surface area contributed by atoms with Gasteiger partial charge in [-0.1, -0.05) is 0 Å². The molecule has 16 N–H and O–H groups in total. The van der Waals surface area contributed by atoms with Crippen molar-refractivity contribution >= 4 is 137 Å². The maximum atomic E-state index is 14.4. The molecule has 13 aliphatic heterocycles. The summed E-state index contributed by atoms with van der Waals surface area (Å²) in [5.41, 5.74) is 0. The molecule has 13 rings (SSSR count). The number of likely N-dealkylation sites (tertiary alicyclic amines) is 12. The van der Waals surface area contributed by atoms with E-state index in [0.717, 1.165) is 30.9 Å². The standard InChI is InChI=1S/C82H119N21O28S/c104-42-22-56(98(35-42)77(126)48-8-1-15-83-48)70(119)86-30-64(112)94-18-4-11-52(94)80(129)101-38-45(107)25-59(101)73(122)88-32-66(114)96-20-6-13-54(96)81(130)102-39-46(108)26-60(102)74(123)87-31-65(113)95-19-5-12-53(95)79(128)99-36-43(105)23-57(99)71(120)85-29-62(110)92-16-2-9-50(92)76(125)91-49(41-132)69(118)84-28-63(111)93-17-3-10-51(93)78(127)100-37-44(106)24-58(100)72(121)89-33-67(115)97-21-7-14-55(97)82(131)103-40-47(109)27-61(103)75(124)90-34-68(116)117/h42-61,83,104-109,132H,1-41H2,(H,84,118)(H,85,120)(H,86,119)(H,87,123)(H,88,122)(H,89,121)(H,90,124)(H,91,125)(H,116,117)/t42-,43-,44-,45-,46-,47-,48+,49+,50+,51+,52+,53+,54+,55+,56+,57+,58+,59+,60+,61+/m1/s1. The molecule has 50 heteroatoms. The molecule has 0 bridgehead atoms. The van der Waals surface area contributed by atoms with Gasteiger partial charge in [0.25, 0.3) is 0 Å². The summed E-state index contributed by atoms with van der Waals surface area (Å²) in [6.45, 7) is -5.02. The molecule has 13 aliphatic rings. The van der Waals surface area contributed by atoms with Crippen molar-refractivity contribution in [2.75, 3.05) is 137 Å². The van der Waals surface area contributed by atoms with E-state index >= 15 is 0 Å². The van der Waals surface area contributed by atoms with Crippen LogP contribution in [0.1, 0.15) is 128 Å². The molecule has 0 aromatic rings. The van der Waals surface area contributed by atoms with Gasteiger partial charge in [0.15, 0.2) is 0 Å². The number of nitrogens with zero attached hydrogens (tertiary/aromatic N) is 12. The highest BCUT2D eigenvalue weighted by atomic mass is 32.1. The quantitative estimate of drug-likeness (QED) is 0.0297. The van der Waals surface area contributed by atoms with Crippen LogP contribution in [0.3, 0.4) is 0 Å². The molecule has 132 heavy (non-hydrogen) atoms. The van der Waals surface area contributed by atoms with Crippen LogP contribution in [0.2, 0.25) is 0 Å². The summed E-state index contributed by atoms with van der Waals surface area (Å²) >= 11 is 4.26. The third kappa shape index (κ3) is 22.2. The molecule has 0 aromatic carbocycles. The normalized spacial score (nSPS) is 30.0. The molecule has 13 heterocycles. The molecule has 0 aromatic heterocycles. The number of rotatable bonds is 30. The lowest BCUT2D eigenvalue weighted by molar-refractivity contribution is -0.148. The van der Waals surface area contributed by atoms with E-state index in [-0.39, 0.29) is 167 Å². The third-order valence-electron chi connectivity index (χ3n) is 27.4. The predicted molar refractivity (Wildman–Crippen MR) is 451 cm³/mol. The lowest BCUT2D eigenvalue weighted by Crippen LogP contribution is -2.57. The number of hydrogen-bond acceptors (Lipinski definition) is 29. The highest BCUT2D eigenvalue weighted by molar-refractivity contribution is 7.80. The number of carbonyl (C=O) groups excluding carboxylic acids is 20. The molecule has 20 atom stereocenters. The molecule has 0 spiro atoms. The second-order valence-corrected chi connectivity index (χ2v) is 36.5. The summed E-state index contributed by atoms with van der Waals surface area (Å²) in [6, 6.07) is -16.1. The largest absolute Gasteiger partial charge is 0.480 e. The zero-order valence-electron chi connectivity index (χ0n) is 73.1. The third-order valence-corrected chi connectivity index (χ3v) is 27.8. The molecule has 0 unspecified atom stereocenters. The van der Waals surface area contributed by atoms with E-state index in [0.29, 0.717) is 51.5 Å². The van der Waals surface area contributed by atoms with Gasteiger partial charge in [-0.15, -0.1) is 0 Å². The number of aliphatic carboxylic acids is 1. The van der Waals surface area contributed by atoms with E-state index in [1.165, 1.54) is 34.3 Å². The Morgan fingerprint density at radius 3 is 0.735 bits per heavy atom. The Morgan fingerprint density at radius 2 is 0.500 bits per heavy atom. The van der Waals surface area contributed by atoms with Gasteiger partial charge in [0.1, 0.15) is 85.1 Å². The minimum absolute atomic E-state index is 0.0267. The molecular formula is C82H119N21O28S. The molecule has 49 nitrogen and oxygen atoms in total. The van der Waals surface area contributed by atoms with Gasteiger partial charge in [-0.2, -0.15) is 12.6 Å². The fourth-order valence-electron chi connectivity index (χ4n) is 20.9. The summed E-state index contributed by atoms with van der Waals surface area (Å²) in [4.78, 5) is 302. The zero-order valence-corrected chi connectivity index (χ0v) is 74.0. The number of nitrogens with one attached hydrogen (secondary N) is 9. The Balaban J connectivity index is 0.527. The fraction of sp³-hybridized carbons (Fsp3) is 0.744. The first-order valence-electron chi connectivity index (χ1n) is 45.5. The van der Waals surface area contributed by atoms with Crippen LogP contribution in [0.4, 0.5) is 0 Å². The number of aliphatic hydroxyl groups is 6. The summed E-state index contributed by atoms with van der Waals surface area (Å²) in [6.07, 6.45) is -3.61. The van der Waals surface area contributed by atoms with E-state index < -0.39 is 285 Å². The van der Waals surface area contributed by atoms with Crippen molar-refractivity contribution < 1.29 is 136 Å². The average molecular weight is 1880 g/mol. The molecule has 20 amide bonds. The van der Waals surface area contributed by atoms with Crippen LogP contribution in [-0.4, -0.2) is 477 Å². The van der Waals surface area contributed by atoms with Crippen molar-refractivity contribution in [2.45, 2.75) is 250 Å². The zero-order chi connectivity index (χ0) is 95.0. The molecular weight excluding hydrogens is 1760 g/mol. The number of aliphatic hydroxyl groups excluding tert-OH is 6. The smallest absolute Gasteiger partial charge is 0.322 e. The van der Waals surface area contributed by atoms with E-state index in [2.05, 4.69) is 60.5 Å². The van der Waals surface area contributed by atoms with Crippen LogP contribution in [0.25, 0.3) is 0 Å². The van der Waals surface area contributed by atoms with Gasteiger partial charge >= 0.3 is 5.97 Å². The molecule has 13 saturated heterocycles. The lowest BCUT2D eigenvalue weighted by Gasteiger charge is -2.32. The first kappa shape index (κ1) is 98.4. The summed E-state index contributed by atoms with van der Waals surface area (Å²) in [5.74, 6) is -15.9. The Kier molecular flexibility index (Phi) is 32.3. The molecule has 0 radical (unpaired) electrons. The maximum absolute atomic E-state index is 14.4. The van der Waals surface area contributed by atoms with E-state index in [4.69, 9.17) is 5.11 Å². The van der Waals surface area contributed by atoms with Crippen LogP contribution in [0, 0.1) is 0 Å². The van der Waals surface area contributed by atoms with Crippen molar-refractivity contribution in [1.29, 1.82) is 0 Å². The van der Waals surface area contributed by atoms with Gasteiger partial charge in [0.2, 0.25) is 118 Å². The SMILES string of the molecule is O=C(O)CNC(=O)[C@@H]1C[C@@H](O)CN1C(=O)[C@@H]1CCCN1C(=O)CNC(=O)[C@@H]1C[C@@H](O)CN1C(=O)[C@@H]1CCCN1C(=O)CNC(=O)[C@H](CS)NC(=O)[C@@H]1CCCN1C(=O)CNC(=O)[C@@H]1C[C@@H](O)CN1C(=O)[C@@H]1CCCN1C(=O)CNC(=O)[C@@H]1C[C@@H](O)CN1C(=O)[C@@H]1CCCN1C(=O)CNC(=O)[C@@H]1C[C@@H](O)CN1C(=O)[C@@H]1CCCN1C(=O)CNC(=O)[C@@H]1C[C@@H](O)CN1C(=O)[C@@H]1CCCN1. The Morgan fingerprint density at radius 1 is 0.273 bits per heavy atom. The van der Waals surface area contributed by atoms with Crippen molar-refractivity contribution in [1.82, 2.24) is 107 Å². The lowest BCUT2D eigenvalue weighted by atomic mass is 10.1. The summed E-state index contributed by atoms with van der Waals surface area (Å²) < 4.78 is 0. The summed E-state index contributed by atoms with van der Waals surface area (Å²) in [7, 11) is 0. The van der Waals surface area contributed by atoms with Crippen molar-refractivity contribution in [3.8, 4) is 0 Å². The van der Waals surface area contributed by atoms with E-state index in [1.807, 2.05) is 0 Å². The van der Waals surface area contributed by atoms with Crippen LogP contribution >= 0.6 is 12.6 Å². The minimum atomic E-state index is -1.37. The molecule has 0 aliphatic carbocycles. The molecule has 726 valence electrons. The van der Waals surface area contributed by atoms with Crippen LogP contribution in [0.5, 0.6) is 0 Å². The Labute approximate surface area is 762 Å². The van der Waals surface area contributed by atoms with Crippen molar-refractivity contribution in [2.24, 2.45) is 0 Å². The second-order valence-electron chi connectivity index (χ2n) is 36.2. The Bertz CT molecular complexity index is 4490. The van der Waals surface area contributed by atoms with Crippen molar-refractivity contribution in [3.05, 3.63) is 0 Å². The van der Waals surface area contributed by atoms with Crippen LogP contribution < -0.4 is 47.9 Å². The number of amides is 20. The number of carbonyl (C=O) groups is 21. The second kappa shape index (κ2) is 43.3. The number of β-amino-alcohol motifs (C(OH)–C–C–N with tert-alkyl or cyclic N) is 6.